The van der Waals surface area contributed by atoms with E-state index in [2.05, 4.69) is 10.2 Å². The maximum Gasteiger partial charge on any atom is 0.333 e. The molecule has 1 aromatic carbocycles. The van der Waals surface area contributed by atoms with Crippen molar-refractivity contribution < 1.29 is 14.3 Å². The predicted molar refractivity (Wildman–Crippen MR) is 65.9 cm³/mol. The van der Waals surface area contributed by atoms with Gasteiger partial charge in [0.1, 0.15) is 5.75 Å². The summed E-state index contributed by atoms with van der Waals surface area (Å²) in [7, 11) is 1.62. The zero-order valence-electron chi connectivity index (χ0n) is 10.5. The molecule has 5 heteroatoms. The first-order chi connectivity index (χ1) is 8.76. The van der Waals surface area contributed by atoms with E-state index in [1.165, 1.54) is 0 Å². The molecule has 0 aliphatic carbocycles. The molecule has 0 saturated carbocycles. The summed E-state index contributed by atoms with van der Waals surface area (Å²) in [6, 6.07) is 7.10. The molecule has 2 atom stereocenters. The van der Waals surface area contributed by atoms with E-state index in [-0.39, 0.29) is 11.9 Å². The van der Waals surface area contributed by atoms with Crippen LogP contribution in [-0.2, 0) is 9.53 Å². The van der Waals surface area contributed by atoms with Crippen LogP contribution in [0, 0.1) is 0 Å². The van der Waals surface area contributed by atoms with Crippen molar-refractivity contribution in [2.24, 2.45) is 10.2 Å². The summed E-state index contributed by atoms with van der Waals surface area (Å²) in [5.41, 5.74) is 1.03. The highest BCUT2D eigenvalue weighted by molar-refractivity contribution is 5.77. The molecule has 1 aliphatic rings. The summed E-state index contributed by atoms with van der Waals surface area (Å²) < 4.78 is 10.1. The van der Waals surface area contributed by atoms with Crippen molar-refractivity contribution in [3.05, 3.63) is 29.8 Å². The largest absolute Gasteiger partial charge is 0.497 e. The topological polar surface area (TPSA) is 60.2 Å². The fourth-order valence-corrected chi connectivity index (χ4v) is 1.98. The van der Waals surface area contributed by atoms with E-state index in [4.69, 9.17) is 9.47 Å². The molecule has 1 aliphatic heterocycles. The molecule has 0 saturated heterocycles. The molecule has 0 bridgehead atoms. The van der Waals surface area contributed by atoms with Crippen LogP contribution < -0.4 is 4.74 Å². The van der Waals surface area contributed by atoms with Crippen molar-refractivity contribution in [3.8, 4) is 5.75 Å². The molecule has 96 valence electrons. The lowest BCUT2D eigenvalue weighted by atomic mass is 9.93. The fourth-order valence-electron chi connectivity index (χ4n) is 1.98. The van der Waals surface area contributed by atoms with Crippen LogP contribution in [0.5, 0.6) is 5.75 Å². The summed E-state index contributed by atoms with van der Waals surface area (Å²) >= 11 is 0. The minimum atomic E-state index is -0.515. The van der Waals surface area contributed by atoms with Crippen LogP contribution in [0.15, 0.2) is 34.5 Å². The molecule has 0 N–H and O–H groups in total. The van der Waals surface area contributed by atoms with Gasteiger partial charge < -0.3 is 9.47 Å². The average Bonchev–Trinajstić information content (AvgIpc) is 2.88. The number of hydrogen-bond acceptors (Lipinski definition) is 5. The molecule has 0 aromatic heterocycles. The second-order valence-corrected chi connectivity index (χ2v) is 4.02. The van der Waals surface area contributed by atoms with Gasteiger partial charge in [0.15, 0.2) is 6.04 Å². The Morgan fingerprint density at radius 3 is 2.72 bits per heavy atom. The summed E-state index contributed by atoms with van der Waals surface area (Å²) in [5.74, 6) is 0.452. The van der Waals surface area contributed by atoms with Gasteiger partial charge in [-0.15, -0.1) is 0 Å². The van der Waals surface area contributed by atoms with Gasteiger partial charge in [0.25, 0.3) is 0 Å². The number of esters is 1. The number of azo groups is 1. The van der Waals surface area contributed by atoms with Gasteiger partial charge in [0, 0.05) is 5.92 Å². The monoisotopic (exact) mass is 248 g/mol. The highest BCUT2D eigenvalue weighted by atomic mass is 16.5. The average molecular weight is 248 g/mol. The van der Waals surface area contributed by atoms with Gasteiger partial charge in [-0.25, -0.2) is 4.79 Å². The predicted octanol–water partition coefficient (Wildman–Crippen LogP) is 2.18. The van der Waals surface area contributed by atoms with Crippen molar-refractivity contribution in [3.63, 3.8) is 0 Å². The molecule has 0 unspecified atom stereocenters. The number of methoxy groups -OCH3 is 1. The third kappa shape index (κ3) is 2.50. The molecule has 0 amide bonds. The van der Waals surface area contributed by atoms with Gasteiger partial charge in [-0.3, -0.25) is 0 Å². The zero-order valence-corrected chi connectivity index (χ0v) is 10.5. The Labute approximate surface area is 106 Å². The van der Waals surface area contributed by atoms with E-state index < -0.39 is 6.04 Å². The van der Waals surface area contributed by atoms with Crippen molar-refractivity contribution >= 4 is 5.97 Å². The Morgan fingerprint density at radius 2 is 2.11 bits per heavy atom. The lowest BCUT2D eigenvalue weighted by Crippen LogP contribution is -2.26. The molecule has 0 fully saturated rings. The first-order valence-corrected chi connectivity index (χ1v) is 5.93. The Kier molecular flexibility index (Phi) is 3.92. The normalized spacial score (nSPS) is 21.9. The summed E-state index contributed by atoms with van der Waals surface area (Å²) in [4.78, 5) is 11.8. The molecule has 0 radical (unpaired) electrons. The van der Waals surface area contributed by atoms with Gasteiger partial charge in [0.2, 0.25) is 0 Å². The number of benzene rings is 1. The molecule has 0 spiro atoms. The van der Waals surface area contributed by atoms with E-state index in [0.717, 1.165) is 11.3 Å². The van der Waals surface area contributed by atoms with Crippen molar-refractivity contribution in [2.75, 3.05) is 20.3 Å². The number of hydrogen-bond donors (Lipinski definition) is 0. The van der Waals surface area contributed by atoms with Crippen LogP contribution in [-0.4, -0.2) is 32.3 Å². The highest BCUT2D eigenvalue weighted by Gasteiger charge is 2.34. The highest BCUT2D eigenvalue weighted by Crippen LogP contribution is 2.29. The quantitative estimate of drug-likeness (QED) is 0.767. The summed E-state index contributed by atoms with van der Waals surface area (Å²) in [6.07, 6.45) is 0. The standard InChI is InChI=1S/C13H16N2O3/c1-3-18-13(16)12-11(8-14-15-12)9-4-6-10(17-2)7-5-9/h4-7,11-12H,3,8H2,1-2H3/t11-,12+/m0/s1. The fraction of sp³-hybridized carbons (Fsp3) is 0.462. The Hall–Kier alpha value is -1.91. The van der Waals surface area contributed by atoms with Gasteiger partial charge in [-0.1, -0.05) is 12.1 Å². The van der Waals surface area contributed by atoms with Crippen molar-refractivity contribution in [1.29, 1.82) is 0 Å². The van der Waals surface area contributed by atoms with Gasteiger partial charge in [0.05, 0.1) is 20.3 Å². The molecular weight excluding hydrogens is 232 g/mol. The van der Waals surface area contributed by atoms with Gasteiger partial charge in [-0.2, -0.15) is 10.2 Å². The SMILES string of the molecule is CCOC(=O)[C@@H]1N=NC[C@H]1c1ccc(OC)cc1. The smallest absolute Gasteiger partial charge is 0.333 e. The Bertz CT molecular complexity index is 442. The Balaban J connectivity index is 2.14. The third-order valence-electron chi connectivity index (χ3n) is 2.94. The van der Waals surface area contributed by atoms with Crippen LogP contribution >= 0.6 is 0 Å². The first kappa shape index (κ1) is 12.5. The van der Waals surface area contributed by atoms with Crippen LogP contribution in [0.25, 0.3) is 0 Å². The second kappa shape index (κ2) is 5.62. The molecule has 5 nitrogen and oxygen atoms in total. The minimum absolute atomic E-state index is 0.0324. The molecular formula is C13H16N2O3. The number of nitrogens with zero attached hydrogens (tertiary/aromatic N) is 2. The van der Waals surface area contributed by atoms with E-state index >= 15 is 0 Å². The van der Waals surface area contributed by atoms with E-state index in [0.29, 0.717) is 13.2 Å². The number of rotatable bonds is 4. The van der Waals surface area contributed by atoms with Crippen LogP contribution in [0.2, 0.25) is 0 Å². The van der Waals surface area contributed by atoms with Crippen molar-refractivity contribution in [2.45, 2.75) is 18.9 Å². The van der Waals surface area contributed by atoms with Crippen LogP contribution in [0.4, 0.5) is 0 Å². The second-order valence-electron chi connectivity index (χ2n) is 4.02. The third-order valence-corrected chi connectivity index (χ3v) is 2.94. The summed E-state index contributed by atoms with van der Waals surface area (Å²) in [5, 5.41) is 7.94. The zero-order chi connectivity index (χ0) is 13.0. The number of carbonyl (C=O) groups excluding carboxylic acids is 1. The molecule has 2 rings (SSSR count). The van der Waals surface area contributed by atoms with E-state index in [1.807, 2.05) is 24.3 Å². The summed E-state index contributed by atoms with van der Waals surface area (Å²) in [6.45, 7) is 2.67. The Morgan fingerprint density at radius 1 is 1.39 bits per heavy atom. The molecule has 18 heavy (non-hydrogen) atoms. The van der Waals surface area contributed by atoms with Gasteiger partial charge in [-0.05, 0) is 24.6 Å². The minimum Gasteiger partial charge on any atom is -0.497 e. The number of ether oxygens (including phenoxy) is 2. The molecule has 1 aromatic rings. The first-order valence-electron chi connectivity index (χ1n) is 5.93. The maximum absolute atomic E-state index is 11.8. The lowest BCUT2D eigenvalue weighted by Gasteiger charge is -2.15. The molecule has 1 heterocycles. The lowest BCUT2D eigenvalue weighted by molar-refractivity contribution is -0.144. The van der Waals surface area contributed by atoms with E-state index in [9.17, 15) is 4.79 Å². The van der Waals surface area contributed by atoms with Crippen molar-refractivity contribution in [1.82, 2.24) is 0 Å². The number of carbonyl (C=O) groups is 1. The maximum atomic E-state index is 11.8. The van der Waals surface area contributed by atoms with E-state index in [1.54, 1.807) is 14.0 Å². The van der Waals surface area contributed by atoms with Crippen LogP contribution in [0.1, 0.15) is 18.4 Å². The van der Waals surface area contributed by atoms with Gasteiger partial charge >= 0.3 is 5.97 Å². The van der Waals surface area contributed by atoms with Crippen LogP contribution in [0.3, 0.4) is 0 Å².